The average molecular weight is 254 g/mol. The van der Waals surface area contributed by atoms with Crippen LogP contribution in [0.2, 0.25) is 0 Å². The first-order valence-electron chi connectivity index (χ1n) is 6.36. The minimum absolute atomic E-state index is 0.121. The minimum atomic E-state index is -2.39. The Morgan fingerprint density at radius 2 is 2.22 bits per heavy atom. The van der Waals surface area contributed by atoms with E-state index in [2.05, 4.69) is 17.3 Å². The van der Waals surface area contributed by atoms with Crippen molar-refractivity contribution in [1.29, 1.82) is 0 Å². The minimum Gasteiger partial charge on any atom is -0.319 e. The van der Waals surface area contributed by atoms with Crippen molar-refractivity contribution in [2.75, 3.05) is 27.2 Å². The summed E-state index contributed by atoms with van der Waals surface area (Å²) in [7, 11) is 4.00. The predicted molar refractivity (Wildman–Crippen MR) is 68.8 cm³/mol. The van der Waals surface area contributed by atoms with E-state index in [1.54, 1.807) is 12.1 Å². The van der Waals surface area contributed by atoms with E-state index in [4.69, 9.17) is 0 Å². The van der Waals surface area contributed by atoms with Gasteiger partial charge < -0.3 is 5.32 Å². The second-order valence-corrected chi connectivity index (χ2v) is 5.00. The quantitative estimate of drug-likeness (QED) is 0.889. The highest BCUT2D eigenvalue weighted by Crippen LogP contribution is 2.36. The van der Waals surface area contributed by atoms with Crippen LogP contribution < -0.4 is 5.32 Å². The molecule has 1 heterocycles. The highest BCUT2D eigenvalue weighted by atomic mass is 19.3. The molecule has 1 aromatic rings. The van der Waals surface area contributed by atoms with Crippen LogP contribution in [0.3, 0.4) is 0 Å². The first-order chi connectivity index (χ1) is 8.63. The molecule has 1 fully saturated rings. The SMILES string of the molecule is CNCC1CCN(C)C1c1cccc(C(F)F)c1. The summed E-state index contributed by atoms with van der Waals surface area (Å²) in [6, 6.07) is 7.09. The standard InChI is InChI=1S/C14H20F2N2/c1-17-9-12-6-7-18(2)13(12)10-4-3-5-11(8-10)14(15)16/h3-5,8,12-14,17H,6-7,9H2,1-2H3. The summed E-state index contributed by atoms with van der Waals surface area (Å²) in [6.07, 6.45) is -1.28. The van der Waals surface area contributed by atoms with Gasteiger partial charge in [0.05, 0.1) is 0 Å². The summed E-state index contributed by atoms with van der Waals surface area (Å²) < 4.78 is 25.5. The van der Waals surface area contributed by atoms with Gasteiger partial charge in [-0.1, -0.05) is 18.2 Å². The van der Waals surface area contributed by atoms with Gasteiger partial charge in [0, 0.05) is 11.6 Å². The average Bonchev–Trinajstić information content (AvgIpc) is 2.71. The smallest absolute Gasteiger partial charge is 0.263 e. The lowest BCUT2D eigenvalue weighted by Gasteiger charge is -2.26. The number of alkyl halides is 2. The summed E-state index contributed by atoms with van der Waals surface area (Å²) in [5.74, 6) is 0.493. The van der Waals surface area contributed by atoms with E-state index in [0.29, 0.717) is 5.92 Å². The number of benzene rings is 1. The van der Waals surface area contributed by atoms with Crippen molar-refractivity contribution in [3.63, 3.8) is 0 Å². The third-order valence-corrected chi connectivity index (χ3v) is 3.74. The third-order valence-electron chi connectivity index (χ3n) is 3.74. The summed E-state index contributed by atoms with van der Waals surface area (Å²) >= 11 is 0. The van der Waals surface area contributed by atoms with Crippen LogP contribution >= 0.6 is 0 Å². The number of rotatable bonds is 4. The molecule has 1 N–H and O–H groups in total. The number of halogens is 2. The van der Waals surface area contributed by atoms with Gasteiger partial charge >= 0.3 is 0 Å². The van der Waals surface area contributed by atoms with Gasteiger partial charge in [-0.3, -0.25) is 4.90 Å². The molecule has 2 rings (SSSR count). The summed E-state index contributed by atoms with van der Waals surface area (Å²) in [5.41, 5.74) is 1.13. The predicted octanol–water partition coefficient (Wildman–Crippen LogP) is 2.84. The molecule has 0 saturated carbocycles. The molecule has 1 aliphatic rings. The van der Waals surface area contributed by atoms with E-state index < -0.39 is 6.43 Å². The molecule has 18 heavy (non-hydrogen) atoms. The Hall–Kier alpha value is -1.00. The monoisotopic (exact) mass is 254 g/mol. The van der Waals surface area contributed by atoms with Crippen molar-refractivity contribution in [2.24, 2.45) is 5.92 Å². The number of nitrogens with one attached hydrogen (secondary N) is 1. The van der Waals surface area contributed by atoms with Gasteiger partial charge in [0.25, 0.3) is 6.43 Å². The normalized spacial score (nSPS) is 24.9. The lowest BCUT2D eigenvalue weighted by molar-refractivity contribution is 0.151. The largest absolute Gasteiger partial charge is 0.319 e. The molecule has 0 spiro atoms. The van der Waals surface area contributed by atoms with Crippen molar-refractivity contribution < 1.29 is 8.78 Å². The van der Waals surface area contributed by atoms with Gasteiger partial charge in [-0.25, -0.2) is 8.78 Å². The van der Waals surface area contributed by atoms with Crippen molar-refractivity contribution in [2.45, 2.75) is 18.9 Å². The van der Waals surface area contributed by atoms with Crippen molar-refractivity contribution >= 4 is 0 Å². The fourth-order valence-corrected chi connectivity index (χ4v) is 2.91. The van der Waals surface area contributed by atoms with Crippen molar-refractivity contribution in [3.05, 3.63) is 35.4 Å². The van der Waals surface area contributed by atoms with Crippen LogP contribution in [0.4, 0.5) is 8.78 Å². The van der Waals surface area contributed by atoms with Gasteiger partial charge in [0.1, 0.15) is 0 Å². The van der Waals surface area contributed by atoms with Crippen LogP contribution in [0.15, 0.2) is 24.3 Å². The van der Waals surface area contributed by atoms with E-state index in [-0.39, 0.29) is 11.6 Å². The zero-order chi connectivity index (χ0) is 13.1. The topological polar surface area (TPSA) is 15.3 Å². The number of hydrogen-bond acceptors (Lipinski definition) is 2. The van der Waals surface area contributed by atoms with E-state index in [1.165, 1.54) is 6.07 Å². The van der Waals surface area contributed by atoms with Crippen LogP contribution in [0, 0.1) is 5.92 Å². The van der Waals surface area contributed by atoms with Crippen LogP contribution in [0.25, 0.3) is 0 Å². The van der Waals surface area contributed by atoms with Gasteiger partial charge in [0.2, 0.25) is 0 Å². The Morgan fingerprint density at radius 1 is 1.44 bits per heavy atom. The van der Waals surface area contributed by atoms with Gasteiger partial charge in [-0.05, 0) is 51.2 Å². The summed E-state index contributed by atoms with van der Waals surface area (Å²) in [4.78, 5) is 2.26. The third kappa shape index (κ3) is 2.70. The number of likely N-dealkylation sites (tertiary alicyclic amines) is 1. The van der Waals surface area contributed by atoms with E-state index >= 15 is 0 Å². The Morgan fingerprint density at radius 3 is 2.89 bits per heavy atom. The molecule has 2 unspecified atom stereocenters. The van der Waals surface area contributed by atoms with Gasteiger partial charge in [0.15, 0.2) is 0 Å². The zero-order valence-corrected chi connectivity index (χ0v) is 10.9. The molecular formula is C14H20F2N2. The summed E-state index contributed by atoms with van der Waals surface area (Å²) in [5, 5.41) is 3.19. The number of nitrogens with zero attached hydrogens (tertiary/aromatic N) is 1. The van der Waals surface area contributed by atoms with Crippen LogP contribution in [0.5, 0.6) is 0 Å². The molecule has 0 aromatic heterocycles. The Balaban J connectivity index is 2.25. The fourth-order valence-electron chi connectivity index (χ4n) is 2.91. The van der Waals surface area contributed by atoms with Gasteiger partial charge in [-0.15, -0.1) is 0 Å². The van der Waals surface area contributed by atoms with Crippen LogP contribution in [0.1, 0.15) is 30.0 Å². The molecule has 1 aromatic carbocycles. The molecule has 100 valence electrons. The molecule has 0 bridgehead atoms. The van der Waals surface area contributed by atoms with Crippen molar-refractivity contribution in [3.8, 4) is 0 Å². The molecule has 0 radical (unpaired) electrons. The fraction of sp³-hybridized carbons (Fsp3) is 0.571. The molecule has 1 saturated heterocycles. The maximum absolute atomic E-state index is 12.8. The van der Waals surface area contributed by atoms with Crippen LogP contribution in [-0.4, -0.2) is 32.1 Å². The van der Waals surface area contributed by atoms with Crippen LogP contribution in [-0.2, 0) is 0 Å². The second kappa shape index (κ2) is 5.76. The lowest BCUT2D eigenvalue weighted by Crippen LogP contribution is -2.26. The second-order valence-electron chi connectivity index (χ2n) is 5.00. The Kier molecular flexibility index (Phi) is 4.30. The van der Waals surface area contributed by atoms with Crippen molar-refractivity contribution in [1.82, 2.24) is 10.2 Å². The molecule has 0 aliphatic carbocycles. The highest BCUT2D eigenvalue weighted by Gasteiger charge is 2.32. The first kappa shape index (κ1) is 13.4. The van der Waals surface area contributed by atoms with E-state index in [1.807, 2.05) is 13.1 Å². The highest BCUT2D eigenvalue weighted by molar-refractivity contribution is 5.28. The lowest BCUT2D eigenvalue weighted by atomic mass is 9.92. The van der Waals surface area contributed by atoms with Gasteiger partial charge in [-0.2, -0.15) is 0 Å². The molecule has 0 amide bonds. The Labute approximate surface area is 107 Å². The molecular weight excluding hydrogens is 234 g/mol. The van der Waals surface area contributed by atoms with E-state index in [9.17, 15) is 8.78 Å². The first-order valence-corrected chi connectivity index (χ1v) is 6.36. The maximum Gasteiger partial charge on any atom is 0.263 e. The summed E-state index contributed by atoms with van der Waals surface area (Å²) in [6.45, 7) is 1.95. The molecule has 4 heteroatoms. The zero-order valence-electron chi connectivity index (χ0n) is 10.9. The molecule has 2 nitrogen and oxygen atoms in total. The molecule has 2 atom stereocenters. The molecule has 1 aliphatic heterocycles. The van der Waals surface area contributed by atoms with E-state index in [0.717, 1.165) is 25.1 Å². The number of hydrogen-bond donors (Lipinski definition) is 1. The maximum atomic E-state index is 12.8. The Bertz CT molecular complexity index is 393.